The van der Waals surface area contributed by atoms with Crippen LogP contribution in [0.4, 0.5) is 0 Å². The highest BCUT2D eigenvalue weighted by Gasteiger charge is 2.09. The highest BCUT2D eigenvalue weighted by molar-refractivity contribution is 7.07. The Morgan fingerprint density at radius 1 is 1.21 bits per heavy atom. The summed E-state index contributed by atoms with van der Waals surface area (Å²) in [6.45, 7) is 12.7. The molecule has 1 heterocycles. The van der Waals surface area contributed by atoms with Crippen LogP contribution in [0.25, 0.3) is 0 Å². The second kappa shape index (κ2) is 10.4. The Labute approximate surface area is 123 Å². The van der Waals surface area contributed by atoms with Gasteiger partial charge in [0.05, 0.1) is 0 Å². The molecule has 0 aliphatic rings. The van der Waals surface area contributed by atoms with Crippen molar-refractivity contribution in [2.45, 2.75) is 40.0 Å². The summed E-state index contributed by atoms with van der Waals surface area (Å²) in [4.78, 5) is 2.58. The van der Waals surface area contributed by atoms with Gasteiger partial charge in [0, 0.05) is 19.6 Å². The Morgan fingerprint density at radius 2 is 2.00 bits per heavy atom. The highest BCUT2D eigenvalue weighted by Crippen LogP contribution is 2.09. The van der Waals surface area contributed by atoms with Gasteiger partial charge in [-0.25, -0.2) is 0 Å². The zero-order valence-corrected chi connectivity index (χ0v) is 13.6. The topological polar surface area (TPSA) is 15.3 Å². The average Bonchev–Trinajstić information content (AvgIpc) is 2.95. The van der Waals surface area contributed by atoms with Crippen LogP contribution in [-0.2, 0) is 6.42 Å². The van der Waals surface area contributed by atoms with Crippen LogP contribution in [-0.4, -0.2) is 37.6 Å². The highest BCUT2D eigenvalue weighted by atomic mass is 32.1. The number of thiophene rings is 1. The maximum Gasteiger partial charge on any atom is 0.0107 e. The van der Waals surface area contributed by atoms with Crippen LogP contribution < -0.4 is 5.32 Å². The normalized spacial score (nSPS) is 11.6. The molecule has 0 saturated carbocycles. The summed E-state index contributed by atoms with van der Waals surface area (Å²) in [7, 11) is 0. The first-order valence-electron chi connectivity index (χ1n) is 7.74. The van der Waals surface area contributed by atoms with Gasteiger partial charge in [-0.3, -0.25) is 0 Å². The molecular weight excluding hydrogens is 252 g/mol. The minimum absolute atomic E-state index is 0.866. The lowest BCUT2D eigenvalue weighted by Gasteiger charge is -2.25. The molecule has 0 aromatic carbocycles. The number of rotatable bonds is 11. The van der Waals surface area contributed by atoms with Crippen LogP contribution >= 0.6 is 11.3 Å². The van der Waals surface area contributed by atoms with E-state index < -0.39 is 0 Å². The molecule has 2 nitrogen and oxygen atoms in total. The van der Waals surface area contributed by atoms with Crippen LogP contribution in [0, 0.1) is 5.92 Å². The van der Waals surface area contributed by atoms with Gasteiger partial charge >= 0.3 is 0 Å². The third-order valence-electron chi connectivity index (χ3n) is 3.89. The second-order valence-electron chi connectivity index (χ2n) is 5.21. The van der Waals surface area contributed by atoms with Crippen molar-refractivity contribution in [3.63, 3.8) is 0 Å². The Kier molecular flexibility index (Phi) is 9.14. The molecule has 1 N–H and O–H groups in total. The first-order valence-corrected chi connectivity index (χ1v) is 8.68. The molecular formula is C16H30N2S. The molecule has 3 heteroatoms. The van der Waals surface area contributed by atoms with Crippen LogP contribution in [0.3, 0.4) is 0 Å². The van der Waals surface area contributed by atoms with Crippen molar-refractivity contribution >= 4 is 11.3 Å². The van der Waals surface area contributed by atoms with Crippen LogP contribution in [0.5, 0.6) is 0 Å². The first kappa shape index (κ1) is 16.7. The minimum atomic E-state index is 0.866. The molecule has 110 valence electrons. The smallest absolute Gasteiger partial charge is 0.0107 e. The molecule has 1 aromatic heterocycles. The van der Waals surface area contributed by atoms with Crippen molar-refractivity contribution in [2.24, 2.45) is 5.92 Å². The molecule has 1 aromatic rings. The number of nitrogens with zero attached hydrogens (tertiary/aromatic N) is 1. The molecule has 19 heavy (non-hydrogen) atoms. The summed E-state index contributed by atoms with van der Waals surface area (Å²) in [5.41, 5.74) is 1.46. The van der Waals surface area contributed by atoms with E-state index in [0.717, 1.165) is 25.4 Å². The van der Waals surface area contributed by atoms with Crippen molar-refractivity contribution < 1.29 is 0 Å². The number of nitrogens with one attached hydrogen (secondary N) is 1. The predicted molar refractivity (Wildman–Crippen MR) is 87.1 cm³/mol. The van der Waals surface area contributed by atoms with E-state index in [4.69, 9.17) is 0 Å². The Bertz CT molecular complexity index is 294. The lowest BCUT2D eigenvalue weighted by Crippen LogP contribution is -2.35. The van der Waals surface area contributed by atoms with E-state index in [0.29, 0.717) is 0 Å². The van der Waals surface area contributed by atoms with E-state index in [-0.39, 0.29) is 0 Å². The molecule has 0 aliphatic carbocycles. The molecule has 0 saturated heterocycles. The van der Waals surface area contributed by atoms with Crippen molar-refractivity contribution in [3.8, 4) is 0 Å². The van der Waals surface area contributed by atoms with Gasteiger partial charge < -0.3 is 10.2 Å². The van der Waals surface area contributed by atoms with Gasteiger partial charge in [-0.05, 0) is 47.8 Å². The molecule has 0 radical (unpaired) electrons. The summed E-state index contributed by atoms with van der Waals surface area (Å²) >= 11 is 1.79. The number of hydrogen-bond acceptors (Lipinski definition) is 3. The Balaban J connectivity index is 2.08. The summed E-state index contributed by atoms with van der Waals surface area (Å²) in [5.74, 6) is 0.866. The molecule has 1 rings (SSSR count). The number of hydrogen-bond donors (Lipinski definition) is 1. The van der Waals surface area contributed by atoms with Gasteiger partial charge in [0.25, 0.3) is 0 Å². The molecule has 0 bridgehead atoms. The van der Waals surface area contributed by atoms with Gasteiger partial charge in [0.15, 0.2) is 0 Å². The summed E-state index contributed by atoms with van der Waals surface area (Å²) in [6, 6.07) is 2.22. The van der Waals surface area contributed by atoms with Crippen molar-refractivity contribution in [3.05, 3.63) is 22.4 Å². The fourth-order valence-electron chi connectivity index (χ4n) is 2.32. The van der Waals surface area contributed by atoms with Crippen molar-refractivity contribution in [1.29, 1.82) is 0 Å². The van der Waals surface area contributed by atoms with Gasteiger partial charge in [0.2, 0.25) is 0 Å². The Morgan fingerprint density at radius 3 is 2.58 bits per heavy atom. The molecule has 0 unspecified atom stereocenters. The van der Waals surface area contributed by atoms with Gasteiger partial charge in [-0.1, -0.05) is 33.6 Å². The molecule has 0 amide bonds. The zero-order chi connectivity index (χ0) is 13.9. The summed E-state index contributed by atoms with van der Waals surface area (Å²) < 4.78 is 0. The van der Waals surface area contributed by atoms with E-state index in [9.17, 15) is 0 Å². The third-order valence-corrected chi connectivity index (χ3v) is 4.63. The second-order valence-corrected chi connectivity index (χ2v) is 5.99. The van der Waals surface area contributed by atoms with Crippen molar-refractivity contribution in [1.82, 2.24) is 10.2 Å². The van der Waals surface area contributed by atoms with E-state index in [1.807, 2.05) is 0 Å². The fraction of sp³-hybridized carbons (Fsp3) is 0.750. The quantitative estimate of drug-likeness (QED) is 0.623. The number of likely N-dealkylation sites (N-methyl/N-ethyl adjacent to an activating group) is 1. The molecule has 0 atom stereocenters. The Hall–Kier alpha value is -0.380. The fourth-order valence-corrected chi connectivity index (χ4v) is 3.02. The lowest BCUT2D eigenvalue weighted by molar-refractivity contribution is 0.234. The van der Waals surface area contributed by atoms with E-state index in [2.05, 4.69) is 47.8 Å². The summed E-state index contributed by atoms with van der Waals surface area (Å²) in [5, 5.41) is 7.96. The van der Waals surface area contributed by atoms with E-state index in [1.165, 1.54) is 38.0 Å². The summed E-state index contributed by atoms with van der Waals surface area (Å²) in [6.07, 6.45) is 3.76. The maximum absolute atomic E-state index is 3.56. The van der Waals surface area contributed by atoms with Gasteiger partial charge in [-0.2, -0.15) is 11.3 Å². The van der Waals surface area contributed by atoms with Crippen LogP contribution in [0.15, 0.2) is 16.8 Å². The lowest BCUT2D eigenvalue weighted by atomic mass is 10.0. The molecule has 0 spiro atoms. The predicted octanol–water partition coefficient (Wildman–Crippen LogP) is 3.64. The standard InChI is InChI=1S/C16H30N2S/c1-4-15(5-2)13-18(6-3)11-10-17-9-7-16-8-12-19-14-16/h8,12,14-15,17H,4-7,9-11,13H2,1-3H3. The van der Waals surface area contributed by atoms with Crippen LogP contribution in [0.2, 0.25) is 0 Å². The maximum atomic E-state index is 3.56. The van der Waals surface area contributed by atoms with Crippen molar-refractivity contribution in [2.75, 3.05) is 32.7 Å². The first-order chi connectivity index (χ1) is 9.30. The van der Waals surface area contributed by atoms with E-state index in [1.54, 1.807) is 11.3 Å². The molecule has 0 aliphatic heterocycles. The van der Waals surface area contributed by atoms with E-state index >= 15 is 0 Å². The largest absolute Gasteiger partial charge is 0.315 e. The minimum Gasteiger partial charge on any atom is -0.315 e. The monoisotopic (exact) mass is 282 g/mol. The van der Waals surface area contributed by atoms with Gasteiger partial charge in [0.1, 0.15) is 0 Å². The molecule has 0 fully saturated rings. The third kappa shape index (κ3) is 7.09. The zero-order valence-electron chi connectivity index (χ0n) is 12.8. The van der Waals surface area contributed by atoms with Crippen LogP contribution in [0.1, 0.15) is 39.2 Å². The van der Waals surface area contributed by atoms with Gasteiger partial charge in [-0.15, -0.1) is 0 Å². The average molecular weight is 282 g/mol. The SMILES string of the molecule is CCC(CC)CN(CC)CCNCCc1ccsc1.